The van der Waals surface area contributed by atoms with Crippen molar-refractivity contribution >= 4 is 117 Å². The average Bonchev–Trinajstić information content (AvgIpc) is 1.71. The number of carbonyl (C=O) groups is 18. The number of carboxylic acids is 4. The number of aromatic amines is 1. The topological polar surface area (TPSA) is 653 Å². The van der Waals surface area contributed by atoms with Crippen molar-refractivity contribution in [3.05, 3.63) is 71.9 Å². The van der Waals surface area contributed by atoms with Crippen molar-refractivity contribution in [3.8, 4) is 0 Å². The number of aliphatic hydroxyl groups is 4. The Hall–Kier alpha value is -11.7. The summed E-state index contributed by atoms with van der Waals surface area (Å²) in [6.07, 6.45) is -3.89. The fourth-order valence-electron chi connectivity index (χ4n) is 12.1. The van der Waals surface area contributed by atoms with Gasteiger partial charge < -0.3 is 120 Å². The number of benzene rings is 2. The Morgan fingerprint density at radius 1 is 0.387 bits per heavy atom. The molecule has 41 heteroatoms. The second kappa shape index (κ2) is 50.1. The lowest BCUT2D eigenvalue weighted by atomic mass is 9.97. The molecule has 14 amide bonds. The molecule has 1 aromatic heterocycles. The summed E-state index contributed by atoms with van der Waals surface area (Å²) in [6.45, 7) is 14.3. The molecule has 0 radical (unpaired) electrons. The van der Waals surface area contributed by atoms with Gasteiger partial charge in [0.2, 0.25) is 82.7 Å². The third-order valence-corrected chi connectivity index (χ3v) is 19.2. The second-order valence-corrected chi connectivity index (χ2v) is 30.5. The highest BCUT2D eigenvalue weighted by Crippen LogP contribution is 2.21. The second-order valence-electron chi connectivity index (χ2n) is 30.5. The van der Waals surface area contributed by atoms with Crippen LogP contribution in [0.5, 0.6) is 0 Å². The summed E-state index contributed by atoms with van der Waals surface area (Å²) in [5.41, 5.74) is 1.67. The number of H-pyrrole nitrogens is 1. The van der Waals surface area contributed by atoms with E-state index in [0.717, 1.165) is 6.92 Å². The predicted molar refractivity (Wildman–Crippen MR) is 424 cm³/mol. The Bertz CT molecular complexity index is 4010. The highest BCUT2D eigenvalue weighted by Gasteiger charge is 2.40. The number of para-hydroxylation sites is 1. The molecule has 3 rings (SSSR count). The number of amides is 14. The maximum atomic E-state index is 14.6. The normalized spacial score (nSPS) is 15.4. The van der Waals surface area contributed by atoms with Crippen LogP contribution in [0.1, 0.15) is 146 Å². The zero-order valence-electron chi connectivity index (χ0n) is 68.6. The minimum atomic E-state index is -1.99. The van der Waals surface area contributed by atoms with E-state index < -0.39 is 286 Å². The lowest BCUT2D eigenvalue weighted by Crippen LogP contribution is -2.63. The summed E-state index contributed by atoms with van der Waals surface area (Å²) in [5.74, 6) is -24.6. The lowest BCUT2D eigenvalue weighted by molar-refractivity contribution is -0.144. The van der Waals surface area contributed by atoms with Crippen LogP contribution in [0.25, 0.3) is 10.9 Å². The first-order chi connectivity index (χ1) is 55.9. The average molecular weight is 1680 g/mol. The van der Waals surface area contributed by atoms with Crippen LogP contribution in [0.15, 0.2) is 60.8 Å². The molecule has 660 valence electrons. The number of fused-ring (bicyclic) bond motifs is 1. The fourth-order valence-corrected chi connectivity index (χ4v) is 12.1. The van der Waals surface area contributed by atoms with E-state index in [1.54, 1.807) is 116 Å². The zero-order valence-corrected chi connectivity index (χ0v) is 68.6. The Labute approximate surface area is 687 Å². The minimum Gasteiger partial charge on any atom is -0.481 e. The van der Waals surface area contributed by atoms with E-state index in [0.29, 0.717) is 28.5 Å². The predicted octanol–water partition coefficient (Wildman–Crippen LogP) is -3.90. The van der Waals surface area contributed by atoms with Crippen molar-refractivity contribution in [2.75, 3.05) is 26.4 Å². The van der Waals surface area contributed by atoms with Crippen LogP contribution < -0.4 is 74.4 Å². The molecular formula is C78H117N15O26. The molecule has 0 bridgehead atoms. The molecule has 119 heavy (non-hydrogen) atoms. The van der Waals surface area contributed by atoms with Gasteiger partial charge in [-0.25, -0.2) is 4.79 Å². The van der Waals surface area contributed by atoms with Gasteiger partial charge in [0.1, 0.15) is 78.5 Å². The summed E-state index contributed by atoms with van der Waals surface area (Å²) >= 11 is 0. The lowest BCUT2D eigenvalue weighted by Gasteiger charge is -2.30. The molecule has 0 aliphatic rings. The Kier molecular flexibility index (Phi) is 42.8. The summed E-state index contributed by atoms with van der Waals surface area (Å²) < 4.78 is 0. The molecule has 0 saturated heterocycles. The van der Waals surface area contributed by atoms with E-state index in [4.69, 9.17) is 5.11 Å². The number of carbonyl (C=O) groups excluding carboxylic acids is 14. The molecule has 0 aliphatic carbocycles. The SMILES string of the molecule is CC[C@H](C)[C@H](NC(=O)[C@H](CCC(=O)O)NC(=O)[C@H](Cc1c[nH]c2ccccc12)NC(=O)[C@H](CC(C)C)NC(=O)[C@@H](NC(=O)[C@@H](NC(=O)CNC(=O)[C@H](Cc1ccccc1)NC(=O)[C@H](CCO)NC(=O)[C@@H](NC(=O)[C@H](CO)NC(=O)[C@H](CO)NC(=O)C(NC(=O)[C@H](CCC(=O)O)NC(=O)[C@@H](C)CC(=O)O)[C@@H](C)O)C(C)C)C(C)C)C(C)C)C(=O)O. The first-order valence-electron chi connectivity index (χ1n) is 39.1. The van der Waals surface area contributed by atoms with E-state index in [1.807, 2.05) is 0 Å². The van der Waals surface area contributed by atoms with Crippen molar-refractivity contribution in [2.24, 2.45) is 35.5 Å². The maximum Gasteiger partial charge on any atom is 0.326 e. The molecule has 16 atom stereocenters. The summed E-state index contributed by atoms with van der Waals surface area (Å²) in [4.78, 5) is 245. The molecular weight excluding hydrogens is 1560 g/mol. The van der Waals surface area contributed by atoms with Crippen molar-refractivity contribution in [1.82, 2.24) is 79.4 Å². The van der Waals surface area contributed by atoms with Gasteiger partial charge in [-0.2, -0.15) is 0 Å². The first kappa shape index (κ1) is 101. The largest absolute Gasteiger partial charge is 0.481 e. The van der Waals surface area contributed by atoms with E-state index in [2.05, 4.69) is 79.4 Å². The smallest absolute Gasteiger partial charge is 0.326 e. The molecule has 0 saturated carbocycles. The first-order valence-corrected chi connectivity index (χ1v) is 39.1. The molecule has 1 unspecified atom stereocenters. The Morgan fingerprint density at radius 3 is 1.26 bits per heavy atom. The molecule has 1 heterocycles. The summed E-state index contributed by atoms with van der Waals surface area (Å²) in [5, 5.41) is 113. The van der Waals surface area contributed by atoms with Gasteiger partial charge in [-0.1, -0.05) is 131 Å². The fraction of sp³-hybridized carbons (Fsp3) is 0.590. The van der Waals surface area contributed by atoms with E-state index in [9.17, 15) is 122 Å². The Balaban J connectivity index is 1.82. The summed E-state index contributed by atoms with van der Waals surface area (Å²) in [6, 6.07) is -5.97. The van der Waals surface area contributed by atoms with Crippen LogP contribution in [0, 0.1) is 35.5 Å². The third kappa shape index (κ3) is 34.0. The van der Waals surface area contributed by atoms with Gasteiger partial charge in [0.25, 0.3) is 0 Å². The number of hydrogen-bond acceptors (Lipinski definition) is 22. The summed E-state index contributed by atoms with van der Waals surface area (Å²) in [7, 11) is 0. The molecule has 41 nitrogen and oxygen atoms in total. The highest BCUT2D eigenvalue weighted by molar-refractivity contribution is 6.01. The monoisotopic (exact) mass is 1680 g/mol. The van der Waals surface area contributed by atoms with Gasteiger partial charge in [-0.05, 0) is 79.4 Å². The van der Waals surface area contributed by atoms with Crippen LogP contribution >= 0.6 is 0 Å². The Morgan fingerprint density at radius 2 is 0.773 bits per heavy atom. The number of carboxylic acid groups (broad SMARTS) is 4. The van der Waals surface area contributed by atoms with Crippen LogP contribution in [0.3, 0.4) is 0 Å². The molecule has 0 spiro atoms. The molecule has 3 aromatic rings. The van der Waals surface area contributed by atoms with Gasteiger partial charge in [0.05, 0.1) is 32.3 Å². The van der Waals surface area contributed by atoms with E-state index >= 15 is 0 Å². The third-order valence-electron chi connectivity index (χ3n) is 19.2. The van der Waals surface area contributed by atoms with Crippen molar-refractivity contribution in [2.45, 2.75) is 232 Å². The number of hydrogen-bond donors (Lipinski definition) is 23. The van der Waals surface area contributed by atoms with Crippen LogP contribution in [-0.4, -0.2) is 263 Å². The number of nitrogens with one attached hydrogen (secondary N) is 15. The molecule has 0 fully saturated rings. The van der Waals surface area contributed by atoms with Crippen LogP contribution in [-0.2, 0) is 99.1 Å². The van der Waals surface area contributed by atoms with Gasteiger partial charge in [0.15, 0.2) is 0 Å². The van der Waals surface area contributed by atoms with Crippen molar-refractivity contribution < 1.29 is 127 Å². The standard InChI is InChI=1S/C78H117N15O26/c1-13-41(10)63(78(118)119)92-68(108)49(24-26-58(101)102)82-71(111)53(32-45-33-79-47-22-18-17-21-46(45)47)85-70(110)51(29-37(2)3)86-75(115)62(40(8)9)91-76(116)60(38(4)5)89-56(98)34-80-66(106)52(31-44-19-15-14-16-20-44)84-67(107)50(27-28-94)83-74(114)61(39(6)7)90-73(113)55(36-96)87-72(112)54(35-95)88-77(117)64(43(12)97)93-69(109)48(23-25-57(99)100)81-65(105)42(11)30-59(103)104/h14-22,33,37-43,48-55,60-64,79,94-97H,13,23-32,34-36H2,1-12H3,(H,80,106)(H,81,105)(H,82,111)(H,83,114)(H,84,107)(H,85,110)(H,86,115)(H,87,112)(H,88,117)(H,89,98)(H,90,113)(H,91,116)(H,92,108)(H,93,109)(H,99,100)(H,101,102)(H,103,104)(H,118,119)/t41-,42-,43+,48-,49-,50-,51-,52-,53-,54-,55-,60-,61-,62-,63-,64?/m0/s1. The van der Waals surface area contributed by atoms with Gasteiger partial charge in [-0.15, -0.1) is 0 Å². The van der Waals surface area contributed by atoms with E-state index in [1.165, 1.54) is 20.8 Å². The maximum absolute atomic E-state index is 14.6. The number of rotatable bonds is 53. The highest BCUT2D eigenvalue weighted by atomic mass is 16.4. The van der Waals surface area contributed by atoms with Crippen LogP contribution in [0.2, 0.25) is 0 Å². The number of aliphatic carboxylic acids is 4. The van der Waals surface area contributed by atoms with Gasteiger partial charge in [-0.3, -0.25) is 81.5 Å². The van der Waals surface area contributed by atoms with Crippen molar-refractivity contribution in [1.29, 1.82) is 0 Å². The van der Waals surface area contributed by atoms with Gasteiger partial charge >= 0.3 is 23.9 Å². The molecule has 0 aliphatic heterocycles. The number of aliphatic hydroxyl groups excluding tert-OH is 4. The number of aromatic nitrogens is 1. The van der Waals surface area contributed by atoms with Crippen LogP contribution in [0.4, 0.5) is 0 Å². The van der Waals surface area contributed by atoms with Crippen molar-refractivity contribution in [3.63, 3.8) is 0 Å². The quantitative estimate of drug-likeness (QED) is 0.0257. The minimum absolute atomic E-state index is 0.0356. The molecule has 2 aromatic carbocycles. The zero-order chi connectivity index (χ0) is 89.8. The molecule has 23 N–H and O–H groups in total. The van der Waals surface area contributed by atoms with E-state index in [-0.39, 0.29) is 25.2 Å². The van der Waals surface area contributed by atoms with Gasteiger partial charge in [0, 0.05) is 55.3 Å².